The van der Waals surface area contributed by atoms with Crippen LogP contribution in [0.3, 0.4) is 0 Å². The van der Waals surface area contributed by atoms with E-state index < -0.39 is 0 Å². The molecule has 0 atom stereocenters. The van der Waals surface area contributed by atoms with Gasteiger partial charge in [-0.3, -0.25) is 4.90 Å². The summed E-state index contributed by atoms with van der Waals surface area (Å²) in [4.78, 5) is 4.73. The van der Waals surface area contributed by atoms with E-state index in [1.54, 1.807) is 6.07 Å². The smallest absolute Gasteiger partial charge is 0.123 e. The van der Waals surface area contributed by atoms with Crippen LogP contribution in [-0.4, -0.2) is 31.1 Å². The van der Waals surface area contributed by atoms with Gasteiger partial charge in [0.2, 0.25) is 0 Å². The summed E-state index contributed by atoms with van der Waals surface area (Å²) in [5.41, 5.74) is 4.14. The van der Waals surface area contributed by atoms with Gasteiger partial charge in [-0.2, -0.15) is 5.26 Å². The van der Waals surface area contributed by atoms with Crippen LogP contribution in [0.15, 0.2) is 42.5 Å². The van der Waals surface area contributed by atoms with Gasteiger partial charge >= 0.3 is 0 Å². The molecule has 27 heavy (non-hydrogen) atoms. The lowest BCUT2D eigenvalue weighted by atomic mass is 9.97. The Morgan fingerprint density at radius 2 is 1.67 bits per heavy atom. The van der Waals surface area contributed by atoms with E-state index in [2.05, 4.69) is 40.1 Å². The number of anilines is 1. The molecule has 0 unspecified atom stereocenters. The van der Waals surface area contributed by atoms with Gasteiger partial charge in [0.25, 0.3) is 0 Å². The number of nitriles is 1. The van der Waals surface area contributed by atoms with Crippen molar-refractivity contribution in [1.29, 1.82) is 5.26 Å². The molecule has 0 aromatic heterocycles. The zero-order valence-electron chi connectivity index (χ0n) is 15.7. The Morgan fingerprint density at radius 1 is 0.963 bits per heavy atom. The third-order valence-electron chi connectivity index (χ3n) is 6.04. The molecule has 1 heterocycles. The van der Waals surface area contributed by atoms with Crippen LogP contribution in [0.25, 0.3) is 0 Å². The molecule has 0 N–H and O–H groups in total. The minimum absolute atomic E-state index is 0.273. The van der Waals surface area contributed by atoms with Crippen LogP contribution in [0, 0.1) is 17.1 Å². The molecular formula is C23H26FN3. The van der Waals surface area contributed by atoms with Gasteiger partial charge in [-0.15, -0.1) is 0 Å². The summed E-state index contributed by atoms with van der Waals surface area (Å²) in [6, 6.07) is 15.8. The predicted molar refractivity (Wildman–Crippen MR) is 106 cm³/mol. The second kappa shape index (κ2) is 8.10. The van der Waals surface area contributed by atoms with E-state index in [4.69, 9.17) is 0 Å². The first-order valence-electron chi connectivity index (χ1n) is 9.99. The molecule has 140 valence electrons. The Kier molecular flexibility index (Phi) is 5.40. The van der Waals surface area contributed by atoms with Crippen molar-refractivity contribution >= 4 is 5.69 Å². The molecule has 4 rings (SSSR count). The van der Waals surface area contributed by atoms with Gasteiger partial charge in [0.1, 0.15) is 5.82 Å². The average molecular weight is 363 g/mol. The highest BCUT2D eigenvalue weighted by Crippen LogP contribution is 2.34. The third-order valence-corrected chi connectivity index (χ3v) is 6.04. The highest BCUT2D eigenvalue weighted by Gasteiger charge is 2.20. The first kappa shape index (κ1) is 18.0. The standard InChI is InChI=1S/C23H26FN3/c24-22-8-5-20(16-25)21(15-22)17-26-11-13-27(14-12-26)23-9-6-19(7-10-23)18-3-1-2-4-18/h5-10,15,18H,1-4,11-14,17H2. The maximum Gasteiger partial charge on any atom is 0.123 e. The Bertz CT molecular complexity index is 811. The van der Waals surface area contributed by atoms with E-state index in [0.717, 1.165) is 37.7 Å². The van der Waals surface area contributed by atoms with Gasteiger partial charge in [0.05, 0.1) is 11.6 Å². The normalized spacial score (nSPS) is 18.6. The fourth-order valence-electron chi connectivity index (χ4n) is 4.42. The maximum atomic E-state index is 13.5. The molecule has 2 aromatic carbocycles. The zero-order chi connectivity index (χ0) is 18.6. The van der Waals surface area contributed by atoms with Crippen LogP contribution in [-0.2, 0) is 6.54 Å². The van der Waals surface area contributed by atoms with Crippen molar-refractivity contribution in [3.8, 4) is 6.07 Å². The average Bonchev–Trinajstić information content (AvgIpc) is 3.24. The number of hydrogen-bond acceptors (Lipinski definition) is 3. The predicted octanol–water partition coefficient (Wildman–Crippen LogP) is 4.68. The molecule has 0 amide bonds. The zero-order valence-corrected chi connectivity index (χ0v) is 15.7. The topological polar surface area (TPSA) is 30.3 Å². The van der Waals surface area contributed by atoms with Crippen molar-refractivity contribution in [3.05, 3.63) is 65.0 Å². The molecule has 4 heteroatoms. The molecule has 1 aliphatic carbocycles. The molecule has 0 spiro atoms. The van der Waals surface area contributed by atoms with Crippen molar-refractivity contribution in [2.24, 2.45) is 0 Å². The third kappa shape index (κ3) is 4.14. The highest BCUT2D eigenvalue weighted by molar-refractivity contribution is 5.48. The van der Waals surface area contributed by atoms with Crippen LogP contribution in [0.1, 0.15) is 48.3 Å². The fraction of sp³-hybridized carbons (Fsp3) is 0.435. The quantitative estimate of drug-likeness (QED) is 0.790. The van der Waals surface area contributed by atoms with Crippen molar-refractivity contribution in [1.82, 2.24) is 4.90 Å². The van der Waals surface area contributed by atoms with Gasteiger partial charge in [-0.1, -0.05) is 25.0 Å². The molecule has 3 nitrogen and oxygen atoms in total. The van der Waals surface area contributed by atoms with Gasteiger partial charge < -0.3 is 4.90 Å². The Balaban J connectivity index is 1.35. The number of rotatable bonds is 4. The summed E-state index contributed by atoms with van der Waals surface area (Å²) in [5.74, 6) is 0.487. The highest BCUT2D eigenvalue weighted by atomic mass is 19.1. The number of nitrogens with zero attached hydrogens (tertiary/aromatic N) is 3. The SMILES string of the molecule is N#Cc1ccc(F)cc1CN1CCN(c2ccc(C3CCCC3)cc2)CC1. The Hall–Kier alpha value is -2.38. The van der Waals surface area contributed by atoms with Crippen LogP contribution in [0.2, 0.25) is 0 Å². The lowest BCUT2D eigenvalue weighted by Gasteiger charge is -2.36. The van der Waals surface area contributed by atoms with Gasteiger partial charge in [0, 0.05) is 38.4 Å². The second-order valence-corrected chi connectivity index (χ2v) is 7.75. The van der Waals surface area contributed by atoms with Gasteiger partial charge in [-0.25, -0.2) is 4.39 Å². The molecular weight excluding hydrogens is 337 g/mol. The number of benzene rings is 2. The molecule has 0 bridgehead atoms. The van der Waals surface area contributed by atoms with E-state index in [9.17, 15) is 9.65 Å². The minimum Gasteiger partial charge on any atom is -0.369 e. The fourth-order valence-corrected chi connectivity index (χ4v) is 4.42. The lowest BCUT2D eigenvalue weighted by molar-refractivity contribution is 0.249. The largest absolute Gasteiger partial charge is 0.369 e. The summed E-state index contributed by atoms with van der Waals surface area (Å²) < 4.78 is 13.5. The minimum atomic E-state index is -0.273. The van der Waals surface area contributed by atoms with Crippen LogP contribution >= 0.6 is 0 Å². The van der Waals surface area contributed by atoms with Crippen LogP contribution < -0.4 is 4.90 Å². The molecule has 1 saturated heterocycles. The van der Waals surface area contributed by atoms with E-state index in [1.807, 2.05) is 0 Å². The van der Waals surface area contributed by atoms with Crippen molar-refractivity contribution in [2.75, 3.05) is 31.1 Å². The first-order chi connectivity index (χ1) is 13.2. The monoisotopic (exact) mass is 363 g/mol. The number of halogens is 1. The van der Waals surface area contributed by atoms with E-state index in [1.165, 1.54) is 49.1 Å². The number of hydrogen-bond donors (Lipinski definition) is 0. The summed E-state index contributed by atoms with van der Waals surface area (Å²) in [7, 11) is 0. The van der Waals surface area contributed by atoms with Crippen LogP contribution in [0.5, 0.6) is 0 Å². The van der Waals surface area contributed by atoms with Crippen molar-refractivity contribution in [3.63, 3.8) is 0 Å². The molecule has 1 saturated carbocycles. The van der Waals surface area contributed by atoms with E-state index in [0.29, 0.717) is 12.1 Å². The number of piperazine rings is 1. The Labute approximate surface area is 161 Å². The second-order valence-electron chi connectivity index (χ2n) is 7.75. The molecule has 1 aliphatic heterocycles. The summed E-state index contributed by atoms with van der Waals surface area (Å²) in [6.45, 7) is 4.40. The lowest BCUT2D eigenvalue weighted by Crippen LogP contribution is -2.46. The first-order valence-corrected chi connectivity index (χ1v) is 9.99. The molecule has 2 aromatic rings. The van der Waals surface area contributed by atoms with Crippen molar-refractivity contribution < 1.29 is 4.39 Å². The summed E-state index contributed by atoms with van der Waals surface area (Å²) in [5, 5.41) is 9.23. The van der Waals surface area contributed by atoms with Gasteiger partial charge in [-0.05, 0) is 60.2 Å². The van der Waals surface area contributed by atoms with Crippen LogP contribution in [0.4, 0.5) is 10.1 Å². The summed E-state index contributed by atoms with van der Waals surface area (Å²) >= 11 is 0. The van der Waals surface area contributed by atoms with E-state index >= 15 is 0 Å². The summed E-state index contributed by atoms with van der Waals surface area (Å²) in [6.07, 6.45) is 5.41. The molecule has 2 aliphatic rings. The van der Waals surface area contributed by atoms with Crippen molar-refractivity contribution in [2.45, 2.75) is 38.1 Å². The maximum absolute atomic E-state index is 13.5. The van der Waals surface area contributed by atoms with Gasteiger partial charge in [0.15, 0.2) is 0 Å². The Morgan fingerprint density at radius 3 is 2.33 bits per heavy atom. The van der Waals surface area contributed by atoms with E-state index in [-0.39, 0.29) is 5.82 Å². The molecule has 2 fully saturated rings. The molecule has 0 radical (unpaired) electrons.